The lowest BCUT2D eigenvalue weighted by molar-refractivity contribution is 0.199. The first kappa shape index (κ1) is 17.8. The van der Waals surface area contributed by atoms with Gasteiger partial charge in [0.25, 0.3) is 0 Å². The molecule has 5 heteroatoms. The highest BCUT2D eigenvalue weighted by atomic mass is 35.5. The largest absolute Gasteiger partial charge is 0.493 e. The van der Waals surface area contributed by atoms with Crippen molar-refractivity contribution in [2.24, 2.45) is 0 Å². The third-order valence-corrected chi connectivity index (χ3v) is 3.44. The van der Waals surface area contributed by atoms with Gasteiger partial charge in [0.05, 0.1) is 7.11 Å². The van der Waals surface area contributed by atoms with Gasteiger partial charge in [-0.1, -0.05) is 18.7 Å². The molecule has 118 valence electrons. The number of benzene rings is 1. The van der Waals surface area contributed by atoms with Crippen LogP contribution in [0.4, 0.5) is 0 Å². The fourth-order valence-corrected chi connectivity index (χ4v) is 2.49. The topological polar surface area (TPSA) is 33.7 Å². The highest BCUT2D eigenvalue weighted by molar-refractivity contribution is 5.85. The molecule has 4 nitrogen and oxygen atoms in total. The molecule has 0 aliphatic carbocycles. The molecule has 1 heterocycles. The maximum absolute atomic E-state index is 5.57. The van der Waals surface area contributed by atoms with Crippen LogP contribution in [0.3, 0.4) is 0 Å². The zero-order chi connectivity index (χ0) is 14.4. The molecule has 0 amide bonds. The zero-order valence-corrected chi connectivity index (χ0v) is 13.6. The molecular weight excluding hydrogens is 288 g/mol. The van der Waals surface area contributed by atoms with Crippen LogP contribution in [0.2, 0.25) is 0 Å². The number of halogens is 1. The van der Waals surface area contributed by atoms with Gasteiger partial charge in [0, 0.05) is 32.2 Å². The van der Waals surface area contributed by atoms with Gasteiger partial charge in [0.15, 0.2) is 11.5 Å². The molecule has 0 radical (unpaired) electrons. The van der Waals surface area contributed by atoms with Crippen molar-refractivity contribution in [1.29, 1.82) is 0 Å². The molecule has 1 unspecified atom stereocenters. The summed E-state index contributed by atoms with van der Waals surface area (Å²) in [6, 6.07) is 6.70. The molecule has 1 N–H and O–H groups in total. The van der Waals surface area contributed by atoms with Crippen molar-refractivity contribution in [3.8, 4) is 11.5 Å². The van der Waals surface area contributed by atoms with Crippen LogP contribution in [0.5, 0.6) is 11.5 Å². The first-order chi connectivity index (χ1) is 9.72. The van der Waals surface area contributed by atoms with E-state index in [1.807, 2.05) is 6.07 Å². The molecule has 1 aliphatic heterocycles. The average molecular weight is 313 g/mol. The molecule has 1 fully saturated rings. The maximum Gasteiger partial charge on any atom is 0.161 e. The number of rotatable bonds is 6. The normalized spacial score (nSPS) is 18.7. The van der Waals surface area contributed by atoms with Gasteiger partial charge in [-0.05, 0) is 24.6 Å². The van der Waals surface area contributed by atoms with E-state index in [2.05, 4.69) is 35.9 Å². The predicted octanol–water partition coefficient (Wildman–Crippen LogP) is 2.48. The summed E-state index contributed by atoms with van der Waals surface area (Å²) in [6.07, 6.45) is 1.73. The molecule has 21 heavy (non-hydrogen) atoms. The van der Waals surface area contributed by atoms with E-state index in [0.29, 0.717) is 12.6 Å². The van der Waals surface area contributed by atoms with Crippen LogP contribution in [-0.2, 0) is 6.54 Å². The smallest absolute Gasteiger partial charge is 0.161 e. The number of hydrogen-bond acceptors (Lipinski definition) is 4. The van der Waals surface area contributed by atoms with Crippen molar-refractivity contribution in [3.63, 3.8) is 0 Å². The summed E-state index contributed by atoms with van der Waals surface area (Å²) >= 11 is 0. The van der Waals surface area contributed by atoms with Crippen LogP contribution in [0, 0.1) is 0 Å². The SMILES string of the molecule is C=CCOc1ccc(CN2CCNC(C)C2)cc1OC.Cl. The van der Waals surface area contributed by atoms with Crippen molar-refractivity contribution < 1.29 is 9.47 Å². The van der Waals surface area contributed by atoms with Crippen molar-refractivity contribution in [2.45, 2.75) is 19.5 Å². The molecule has 1 aliphatic rings. The summed E-state index contributed by atoms with van der Waals surface area (Å²) in [5.41, 5.74) is 1.25. The molecule has 1 aromatic carbocycles. The molecule has 0 aromatic heterocycles. The average Bonchev–Trinajstić information content (AvgIpc) is 2.46. The number of hydrogen-bond donors (Lipinski definition) is 1. The van der Waals surface area contributed by atoms with Crippen molar-refractivity contribution in [1.82, 2.24) is 10.2 Å². The number of ether oxygens (including phenoxy) is 2. The molecular formula is C16H25ClN2O2. The van der Waals surface area contributed by atoms with Gasteiger partial charge in [-0.2, -0.15) is 0 Å². The predicted molar refractivity (Wildman–Crippen MR) is 88.7 cm³/mol. The Labute approximate surface area is 133 Å². The molecule has 1 saturated heterocycles. The molecule has 0 saturated carbocycles. The summed E-state index contributed by atoms with van der Waals surface area (Å²) in [5, 5.41) is 3.46. The minimum absolute atomic E-state index is 0. The first-order valence-electron chi connectivity index (χ1n) is 7.09. The van der Waals surface area contributed by atoms with Crippen LogP contribution >= 0.6 is 12.4 Å². The Morgan fingerprint density at radius 3 is 2.90 bits per heavy atom. The number of nitrogens with one attached hydrogen (secondary N) is 1. The second kappa shape index (κ2) is 8.93. The van der Waals surface area contributed by atoms with Gasteiger partial charge in [0.2, 0.25) is 0 Å². The molecule has 1 aromatic rings. The summed E-state index contributed by atoms with van der Waals surface area (Å²) in [4.78, 5) is 2.46. The van der Waals surface area contributed by atoms with E-state index >= 15 is 0 Å². The Balaban J connectivity index is 0.00000220. The van der Waals surface area contributed by atoms with E-state index in [0.717, 1.165) is 37.7 Å². The quantitative estimate of drug-likeness (QED) is 0.818. The summed E-state index contributed by atoms with van der Waals surface area (Å²) in [5.74, 6) is 1.55. The van der Waals surface area contributed by atoms with E-state index in [1.165, 1.54) is 5.56 Å². The standard InChI is InChI=1S/C16H24N2O2.ClH/c1-4-9-20-15-6-5-14(10-16(15)19-3)12-18-8-7-17-13(2)11-18;/h4-6,10,13,17H,1,7-9,11-12H2,2-3H3;1H. The highest BCUT2D eigenvalue weighted by Gasteiger charge is 2.16. The Bertz CT molecular complexity index is 454. The Morgan fingerprint density at radius 1 is 1.43 bits per heavy atom. The van der Waals surface area contributed by atoms with Crippen molar-refractivity contribution in [2.75, 3.05) is 33.4 Å². The Morgan fingerprint density at radius 2 is 2.24 bits per heavy atom. The first-order valence-corrected chi connectivity index (χ1v) is 7.09. The van der Waals surface area contributed by atoms with Crippen LogP contribution < -0.4 is 14.8 Å². The van der Waals surface area contributed by atoms with Gasteiger partial charge in [-0.3, -0.25) is 4.90 Å². The van der Waals surface area contributed by atoms with Gasteiger partial charge in [-0.15, -0.1) is 12.4 Å². The Kier molecular flexibility index (Phi) is 7.57. The molecule has 0 bridgehead atoms. The number of methoxy groups -OCH3 is 1. The fourth-order valence-electron chi connectivity index (χ4n) is 2.49. The van der Waals surface area contributed by atoms with E-state index in [1.54, 1.807) is 13.2 Å². The monoisotopic (exact) mass is 312 g/mol. The lowest BCUT2D eigenvalue weighted by Gasteiger charge is -2.31. The van der Waals surface area contributed by atoms with Crippen molar-refractivity contribution >= 4 is 12.4 Å². The summed E-state index contributed by atoms with van der Waals surface area (Å²) in [7, 11) is 1.67. The maximum atomic E-state index is 5.57. The second-order valence-electron chi connectivity index (χ2n) is 5.18. The highest BCUT2D eigenvalue weighted by Crippen LogP contribution is 2.28. The van der Waals surface area contributed by atoms with Crippen LogP contribution in [0.25, 0.3) is 0 Å². The zero-order valence-electron chi connectivity index (χ0n) is 12.8. The lowest BCUT2D eigenvalue weighted by Crippen LogP contribution is -2.48. The third kappa shape index (κ3) is 5.23. The Hall–Kier alpha value is -1.23. The van der Waals surface area contributed by atoms with Gasteiger partial charge < -0.3 is 14.8 Å². The molecule has 0 spiro atoms. The van der Waals surface area contributed by atoms with E-state index in [9.17, 15) is 0 Å². The van der Waals surface area contributed by atoms with Crippen molar-refractivity contribution in [3.05, 3.63) is 36.4 Å². The van der Waals surface area contributed by atoms with E-state index in [-0.39, 0.29) is 12.4 Å². The third-order valence-electron chi connectivity index (χ3n) is 3.44. The minimum Gasteiger partial charge on any atom is -0.493 e. The van der Waals surface area contributed by atoms with Gasteiger partial charge in [-0.25, -0.2) is 0 Å². The lowest BCUT2D eigenvalue weighted by atomic mass is 10.1. The van der Waals surface area contributed by atoms with E-state index in [4.69, 9.17) is 9.47 Å². The summed E-state index contributed by atoms with van der Waals surface area (Å²) in [6.45, 7) is 10.5. The van der Waals surface area contributed by atoms with Gasteiger partial charge >= 0.3 is 0 Å². The minimum atomic E-state index is 0. The van der Waals surface area contributed by atoms with E-state index < -0.39 is 0 Å². The second-order valence-corrected chi connectivity index (χ2v) is 5.18. The van der Waals surface area contributed by atoms with Crippen LogP contribution in [0.1, 0.15) is 12.5 Å². The summed E-state index contributed by atoms with van der Waals surface area (Å²) < 4.78 is 11.0. The van der Waals surface area contributed by atoms with Crippen LogP contribution in [-0.4, -0.2) is 44.3 Å². The fraction of sp³-hybridized carbons (Fsp3) is 0.500. The van der Waals surface area contributed by atoms with Gasteiger partial charge in [0.1, 0.15) is 6.61 Å². The number of nitrogens with zero attached hydrogens (tertiary/aromatic N) is 1. The number of piperazine rings is 1. The van der Waals surface area contributed by atoms with Crippen LogP contribution in [0.15, 0.2) is 30.9 Å². The molecule has 2 rings (SSSR count). The molecule has 1 atom stereocenters.